The second-order valence-corrected chi connectivity index (χ2v) is 8.59. The van der Waals surface area contributed by atoms with Gasteiger partial charge >= 0.3 is 0 Å². The van der Waals surface area contributed by atoms with Gasteiger partial charge in [-0.1, -0.05) is 96.6 Å². The van der Waals surface area contributed by atoms with E-state index in [1.807, 2.05) is 104 Å². The monoisotopic (exact) mass is 466 g/mol. The molecule has 0 heterocycles. The molecule has 4 aromatic carbocycles. The summed E-state index contributed by atoms with van der Waals surface area (Å²) in [5, 5.41) is 4.73. The van der Waals surface area contributed by atoms with Crippen molar-refractivity contribution in [1.82, 2.24) is 10.2 Å². The average Bonchev–Trinajstić information content (AvgIpc) is 2.90. The number of ether oxygens (including phenoxy) is 1. The molecule has 5 heteroatoms. The molecule has 0 aromatic heterocycles. The van der Waals surface area contributed by atoms with Gasteiger partial charge < -0.3 is 15.0 Å². The van der Waals surface area contributed by atoms with Crippen molar-refractivity contribution >= 4 is 22.6 Å². The summed E-state index contributed by atoms with van der Waals surface area (Å²) in [5.74, 6) is 0.189. The van der Waals surface area contributed by atoms with Crippen molar-refractivity contribution in [3.05, 3.63) is 114 Å². The average molecular weight is 467 g/mol. The molecule has 1 atom stereocenters. The highest BCUT2D eigenvalue weighted by Gasteiger charge is 2.30. The number of nitrogens with zero attached hydrogens (tertiary/aromatic N) is 1. The number of aryl methyl sites for hydroxylation is 1. The highest BCUT2D eigenvalue weighted by Crippen LogP contribution is 2.25. The Hall–Kier alpha value is -4.12. The van der Waals surface area contributed by atoms with Crippen molar-refractivity contribution in [2.24, 2.45) is 0 Å². The number of amides is 2. The zero-order valence-electron chi connectivity index (χ0n) is 20.1. The van der Waals surface area contributed by atoms with Crippen LogP contribution in [-0.4, -0.2) is 36.4 Å². The summed E-state index contributed by atoms with van der Waals surface area (Å²) < 4.78 is 6.01. The number of benzene rings is 4. The number of nitrogens with one attached hydrogen (secondary N) is 1. The number of rotatable bonds is 9. The second-order valence-electron chi connectivity index (χ2n) is 8.59. The standard InChI is InChI=1S/C30H30N2O3/c1-22-15-17-24(18-16-22)20-32(27(30(34)31-2)19-23-9-4-3-5-10-23)29(33)21-35-28-14-8-12-25-11-6-7-13-26(25)28/h3-18,27H,19-21H2,1-2H3,(H,31,34)/t27-/m0/s1. The highest BCUT2D eigenvalue weighted by molar-refractivity contribution is 5.90. The van der Waals surface area contributed by atoms with E-state index in [0.717, 1.165) is 27.5 Å². The van der Waals surface area contributed by atoms with Crippen LogP contribution in [0.1, 0.15) is 16.7 Å². The van der Waals surface area contributed by atoms with Crippen molar-refractivity contribution in [1.29, 1.82) is 0 Å². The second kappa shape index (κ2) is 11.3. The Morgan fingerprint density at radius 1 is 0.829 bits per heavy atom. The smallest absolute Gasteiger partial charge is 0.261 e. The zero-order valence-corrected chi connectivity index (χ0v) is 20.1. The van der Waals surface area contributed by atoms with Crippen LogP contribution >= 0.6 is 0 Å². The van der Waals surface area contributed by atoms with Gasteiger partial charge in [0.05, 0.1) is 0 Å². The van der Waals surface area contributed by atoms with Crippen molar-refractivity contribution in [2.75, 3.05) is 13.7 Å². The molecule has 178 valence electrons. The van der Waals surface area contributed by atoms with Gasteiger partial charge in [-0.25, -0.2) is 0 Å². The molecule has 0 saturated heterocycles. The minimum Gasteiger partial charge on any atom is -0.483 e. The molecule has 0 spiro atoms. The lowest BCUT2D eigenvalue weighted by Gasteiger charge is -2.31. The molecule has 0 radical (unpaired) electrons. The first-order chi connectivity index (χ1) is 17.0. The Labute approximate surface area is 206 Å². The summed E-state index contributed by atoms with van der Waals surface area (Å²) in [6.45, 7) is 2.17. The van der Waals surface area contributed by atoms with Crippen molar-refractivity contribution in [3.8, 4) is 5.75 Å². The molecule has 0 aliphatic carbocycles. The fourth-order valence-electron chi connectivity index (χ4n) is 4.15. The SMILES string of the molecule is CNC(=O)[C@H](Cc1ccccc1)N(Cc1ccc(C)cc1)C(=O)COc1cccc2ccccc12. The number of likely N-dealkylation sites (N-methyl/N-ethyl adjacent to an activating group) is 1. The Morgan fingerprint density at radius 2 is 1.51 bits per heavy atom. The Bertz CT molecular complexity index is 1280. The molecule has 0 bridgehead atoms. The molecular formula is C30H30N2O3. The van der Waals surface area contributed by atoms with Crippen LogP contribution in [0.5, 0.6) is 5.75 Å². The number of carbonyl (C=O) groups is 2. The maximum absolute atomic E-state index is 13.6. The fraction of sp³-hybridized carbons (Fsp3) is 0.200. The van der Waals surface area contributed by atoms with Crippen molar-refractivity contribution in [3.63, 3.8) is 0 Å². The number of hydrogen-bond acceptors (Lipinski definition) is 3. The largest absolute Gasteiger partial charge is 0.483 e. The van der Waals surface area contributed by atoms with E-state index in [-0.39, 0.29) is 18.4 Å². The molecule has 2 amide bonds. The van der Waals surface area contributed by atoms with E-state index < -0.39 is 6.04 Å². The normalized spacial score (nSPS) is 11.6. The molecule has 1 N–H and O–H groups in total. The van der Waals surface area contributed by atoms with E-state index in [1.54, 1.807) is 11.9 Å². The van der Waals surface area contributed by atoms with E-state index in [2.05, 4.69) is 5.32 Å². The molecule has 4 aromatic rings. The van der Waals surface area contributed by atoms with Gasteiger partial charge in [0.15, 0.2) is 6.61 Å². The molecule has 0 aliphatic heterocycles. The lowest BCUT2D eigenvalue weighted by molar-refractivity contribution is -0.142. The van der Waals surface area contributed by atoms with Crippen LogP contribution in [0.15, 0.2) is 97.1 Å². The van der Waals surface area contributed by atoms with Gasteiger partial charge in [0.2, 0.25) is 5.91 Å². The minimum atomic E-state index is -0.674. The molecular weight excluding hydrogens is 436 g/mol. The topological polar surface area (TPSA) is 58.6 Å². The van der Waals surface area contributed by atoms with Crippen LogP contribution in [0.3, 0.4) is 0 Å². The van der Waals surface area contributed by atoms with E-state index in [4.69, 9.17) is 4.74 Å². The molecule has 35 heavy (non-hydrogen) atoms. The third-order valence-corrected chi connectivity index (χ3v) is 6.09. The lowest BCUT2D eigenvalue weighted by Crippen LogP contribution is -2.51. The van der Waals surface area contributed by atoms with Crippen molar-refractivity contribution < 1.29 is 14.3 Å². The summed E-state index contributed by atoms with van der Waals surface area (Å²) in [5.41, 5.74) is 3.08. The van der Waals surface area contributed by atoms with Crippen LogP contribution < -0.4 is 10.1 Å². The number of fused-ring (bicyclic) bond motifs is 1. The van der Waals surface area contributed by atoms with E-state index in [0.29, 0.717) is 18.7 Å². The van der Waals surface area contributed by atoms with Gasteiger partial charge in [-0.3, -0.25) is 9.59 Å². The first-order valence-corrected chi connectivity index (χ1v) is 11.8. The van der Waals surface area contributed by atoms with Gasteiger partial charge in [0, 0.05) is 25.4 Å². The van der Waals surface area contributed by atoms with Gasteiger partial charge in [-0.2, -0.15) is 0 Å². The summed E-state index contributed by atoms with van der Waals surface area (Å²) in [6, 6.07) is 30.8. The maximum atomic E-state index is 13.6. The molecule has 0 fully saturated rings. The van der Waals surface area contributed by atoms with E-state index in [9.17, 15) is 9.59 Å². The number of carbonyl (C=O) groups excluding carboxylic acids is 2. The Kier molecular flexibility index (Phi) is 7.78. The van der Waals surface area contributed by atoms with Crippen LogP contribution in [0, 0.1) is 6.92 Å². The molecule has 0 unspecified atom stereocenters. The van der Waals surface area contributed by atoms with Crippen molar-refractivity contribution in [2.45, 2.75) is 25.9 Å². The lowest BCUT2D eigenvalue weighted by atomic mass is 10.0. The molecule has 4 rings (SSSR count). The quantitative estimate of drug-likeness (QED) is 0.381. The summed E-state index contributed by atoms with van der Waals surface area (Å²) in [6.07, 6.45) is 0.409. The van der Waals surface area contributed by atoms with Gasteiger partial charge in [0.25, 0.3) is 5.91 Å². The molecule has 5 nitrogen and oxygen atoms in total. The minimum absolute atomic E-state index is 0.165. The predicted molar refractivity (Wildman–Crippen MR) is 139 cm³/mol. The van der Waals surface area contributed by atoms with Crippen LogP contribution in [0.4, 0.5) is 0 Å². The first kappa shape index (κ1) is 24.0. The van der Waals surface area contributed by atoms with Gasteiger partial charge in [-0.05, 0) is 29.5 Å². The summed E-state index contributed by atoms with van der Waals surface area (Å²) in [7, 11) is 1.60. The highest BCUT2D eigenvalue weighted by atomic mass is 16.5. The molecule has 0 aliphatic rings. The molecule has 0 saturated carbocycles. The zero-order chi connectivity index (χ0) is 24.6. The number of hydrogen-bond donors (Lipinski definition) is 1. The summed E-state index contributed by atoms with van der Waals surface area (Å²) in [4.78, 5) is 28.2. The maximum Gasteiger partial charge on any atom is 0.261 e. The van der Waals surface area contributed by atoms with Crippen LogP contribution in [0.2, 0.25) is 0 Å². The van der Waals surface area contributed by atoms with Gasteiger partial charge in [-0.15, -0.1) is 0 Å². The Balaban J connectivity index is 1.61. The fourth-order valence-corrected chi connectivity index (χ4v) is 4.15. The predicted octanol–water partition coefficient (Wildman–Crippen LogP) is 4.91. The van der Waals surface area contributed by atoms with E-state index >= 15 is 0 Å². The van der Waals surface area contributed by atoms with E-state index in [1.165, 1.54) is 0 Å². The van der Waals surface area contributed by atoms with Crippen LogP contribution in [0.25, 0.3) is 10.8 Å². The third-order valence-electron chi connectivity index (χ3n) is 6.09. The Morgan fingerprint density at radius 3 is 2.26 bits per heavy atom. The third kappa shape index (κ3) is 6.07. The first-order valence-electron chi connectivity index (χ1n) is 11.8. The van der Waals surface area contributed by atoms with Crippen LogP contribution in [-0.2, 0) is 22.6 Å². The van der Waals surface area contributed by atoms with Gasteiger partial charge in [0.1, 0.15) is 11.8 Å². The summed E-state index contributed by atoms with van der Waals surface area (Å²) >= 11 is 0.